The second kappa shape index (κ2) is 73.8. The van der Waals surface area contributed by atoms with Gasteiger partial charge in [-0.25, -0.2) is 9.13 Å². The van der Waals surface area contributed by atoms with Gasteiger partial charge in [0.05, 0.1) is 26.4 Å². The fraction of sp³-hybridized carbons (Fsp3) is 0.802. The van der Waals surface area contributed by atoms with Crippen molar-refractivity contribution < 1.29 is 80.2 Å². The molecule has 3 N–H and O–H groups in total. The fourth-order valence-electron chi connectivity index (χ4n) is 11.0. The first-order valence-corrected chi connectivity index (χ1v) is 43.2. The van der Waals surface area contributed by atoms with Crippen molar-refractivity contribution in [2.24, 2.45) is 0 Å². The molecule has 0 aromatic rings. The Morgan fingerprint density at radius 3 is 0.810 bits per heavy atom. The minimum atomic E-state index is -4.99. The van der Waals surface area contributed by atoms with Gasteiger partial charge < -0.3 is 33.8 Å². The van der Waals surface area contributed by atoms with Gasteiger partial charge in [-0.1, -0.05) is 312 Å². The Bertz CT molecular complexity index is 2180. The maximum Gasteiger partial charge on any atom is 0.472 e. The van der Waals surface area contributed by atoms with Crippen LogP contribution in [0.5, 0.6) is 0 Å². The van der Waals surface area contributed by atoms with Gasteiger partial charge in [-0.2, -0.15) is 0 Å². The number of allylic oxidation sites excluding steroid dienone is 12. The number of carbonyl (C=O) groups is 4. The Labute approximate surface area is 609 Å². The highest BCUT2D eigenvalue weighted by molar-refractivity contribution is 7.47. The summed E-state index contributed by atoms with van der Waals surface area (Å²) in [6.45, 7) is 4.81. The molecule has 0 spiro atoms. The van der Waals surface area contributed by atoms with Gasteiger partial charge in [0.25, 0.3) is 0 Å². The number of esters is 4. The number of hydrogen-bond acceptors (Lipinski definition) is 15. The van der Waals surface area contributed by atoms with Crippen LogP contribution >= 0.6 is 15.6 Å². The smallest absolute Gasteiger partial charge is 0.462 e. The third-order valence-electron chi connectivity index (χ3n) is 17.2. The molecule has 0 bridgehead atoms. The van der Waals surface area contributed by atoms with Crippen LogP contribution in [0.3, 0.4) is 0 Å². The molecule has 582 valence electrons. The molecule has 0 aliphatic rings. The third-order valence-corrected chi connectivity index (χ3v) is 19.1. The largest absolute Gasteiger partial charge is 0.472 e. The van der Waals surface area contributed by atoms with Crippen LogP contribution < -0.4 is 0 Å². The number of ether oxygens (including phenoxy) is 4. The van der Waals surface area contributed by atoms with E-state index in [1.54, 1.807) is 0 Å². The van der Waals surface area contributed by atoms with Crippen molar-refractivity contribution in [2.75, 3.05) is 39.6 Å². The minimum Gasteiger partial charge on any atom is -0.462 e. The van der Waals surface area contributed by atoms with Gasteiger partial charge in [-0.05, 0) is 96.3 Å². The van der Waals surface area contributed by atoms with E-state index in [4.69, 9.17) is 37.0 Å². The highest BCUT2D eigenvalue weighted by Gasteiger charge is 2.30. The molecule has 0 saturated carbocycles. The van der Waals surface area contributed by atoms with Crippen molar-refractivity contribution in [3.8, 4) is 0 Å². The van der Waals surface area contributed by atoms with Crippen LogP contribution in [-0.2, 0) is 65.4 Å². The van der Waals surface area contributed by atoms with E-state index < -0.39 is 97.5 Å². The zero-order valence-corrected chi connectivity index (χ0v) is 65.4. The van der Waals surface area contributed by atoms with Crippen LogP contribution in [-0.4, -0.2) is 96.7 Å². The normalized spacial score (nSPS) is 14.3. The number of aliphatic hydroxyl groups is 1. The molecular formula is C81H146O17P2. The number of hydrogen-bond donors (Lipinski definition) is 3. The summed E-state index contributed by atoms with van der Waals surface area (Å²) in [4.78, 5) is 72.9. The summed E-state index contributed by atoms with van der Waals surface area (Å²) < 4.78 is 68.5. The number of carbonyl (C=O) groups excluding carboxylic acids is 4. The van der Waals surface area contributed by atoms with E-state index in [2.05, 4.69) is 88.5 Å². The molecule has 5 atom stereocenters. The van der Waals surface area contributed by atoms with Gasteiger partial charge in [0.2, 0.25) is 0 Å². The lowest BCUT2D eigenvalue weighted by Crippen LogP contribution is -2.30. The average molecular weight is 1450 g/mol. The van der Waals surface area contributed by atoms with Crippen molar-refractivity contribution in [3.63, 3.8) is 0 Å². The topological polar surface area (TPSA) is 237 Å². The lowest BCUT2D eigenvalue weighted by atomic mass is 10.0. The first kappa shape index (κ1) is 96.5. The van der Waals surface area contributed by atoms with Gasteiger partial charge in [-0.15, -0.1) is 0 Å². The fourth-order valence-corrected chi connectivity index (χ4v) is 12.6. The molecule has 17 nitrogen and oxygen atoms in total. The van der Waals surface area contributed by atoms with Gasteiger partial charge in [-0.3, -0.25) is 37.3 Å². The van der Waals surface area contributed by atoms with Crippen molar-refractivity contribution in [1.82, 2.24) is 0 Å². The van der Waals surface area contributed by atoms with Gasteiger partial charge >= 0.3 is 39.5 Å². The quantitative estimate of drug-likeness (QED) is 0.0169. The first-order chi connectivity index (χ1) is 48.7. The standard InChI is InChI=1S/C81H146O17P2/c1-5-9-13-17-21-25-29-33-36-37-40-42-46-50-54-58-62-66-79(84)92-72-77(98-81(86)68-64-60-56-52-48-44-39-35-31-27-23-19-15-11-7-3)74-96-100(89,90)94-70-75(82)69-93-99(87,88)95-73-76(71-91-78(83)65-61-57-53-49-45-41-32-28-24-20-16-12-8-4)97-80(85)67-63-59-55-51-47-43-38-34-30-26-22-18-14-10-6-2/h21,23,25,27,33,35-36,39-40,42,50,54,75-77,82H,5-20,22,24,26,28-32,34,37-38,41,43-49,51-53,55-74H2,1-4H3,(H,87,88)(H,89,90)/b25-21-,27-23-,36-33-,39-35-,42-40-,54-50-/t75-,76-,77-/m1/s1. The molecule has 0 aromatic carbocycles. The number of aliphatic hydroxyl groups excluding tert-OH is 1. The Hall–Kier alpha value is -3.50. The zero-order chi connectivity index (χ0) is 73.2. The first-order valence-electron chi connectivity index (χ1n) is 40.2. The maximum absolute atomic E-state index is 13.1. The Morgan fingerprint density at radius 2 is 0.500 bits per heavy atom. The van der Waals surface area contributed by atoms with Gasteiger partial charge in [0.15, 0.2) is 12.2 Å². The summed E-state index contributed by atoms with van der Waals surface area (Å²) in [5.41, 5.74) is 0. The highest BCUT2D eigenvalue weighted by atomic mass is 31.2. The van der Waals surface area contributed by atoms with E-state index >= 15 is 0 Å². The average Bonchev–Trinajstić information content (AvgIpc) is 0.945. The van der Waals surface area contributed by atoms with Crippen LogP contribution in [0.25, 0.3) is 0 Å². The highest BCUT2D eigenvalue weighted by Crippen LogP contribution is 2.45. The Morgan fingerprint density at radius 1 is 0.280 bits per heavy atom. The van der Waals surface area contributed by atoms with E-state index in [1.807, 2.05) is 12.2 Å². The van der Waals surface area contributed by atoms with Crippen molar-refractivity contribution in [2.45, 2.75) is 380 Å². The second-order valence-electron chi connectivity index (χ2n) is 27.0. The van der Waals surface area contributed by atoms with Crippen LogP contribution in [0.4, 0.5) is 0 Å². The molecular weight excluding hydrogens is 1310 g/mol. The molecule has 0 aliphatic heterocycles. The van der Waals surface area contributed by atoms with Crippen molar-refractivity contribution in [1.29, 1.82) is 0 Å². The summed E-state index contributed by atoms with van der Waals surface area (Å²) in [5.74, 6) is -2.22. The summed E-state index contributed by atoms with van der Waals surface area (Å²) in [6.07, 6.45) is 74.5. The van der Waals surface area contributed by atoms with Crippen LogP contribution in [0.15, 0.2) is 72.9 Å². The second-order valence-corrected chi connectivity index (χ2v) is 29.9. The molecule has 0 heterocycles. The molecule has 0 aromatic heterocycles. The predicted octanol–water partition coefficient (Wildman–Crippen LogP) is 23.2. The number of phosphoric acid groups is 2. The summed E-state index contributed by atoms with van der Waals surface area (Å²) in [5, 5.41) is 10.6. The minimum absolute atomic E-state index is 0.0698. The van der Waals surface area contributed by atoms with E-state index in [0.29, 0.717) is 32.1 Å². The number of phosphoric ester groups is 2. The molecule has 19 heteroatoms. The summed E-state index contributed by atoms with van der Waals surface area (Å²) >= 11 is 0. The molecule has 0 aliphatic carbocycles. The SMILES string of the molecule is CCCCC/C=C\C/C=C\C/C=C\C/C=C\CCCC(=O)OC[C@H](COP(=O)(O)OC[C@H](O)COP(=O)(O)OC[C@@H](COC(=O)CCCCCCCCCCCCCCC)OC(=O)CCCCCCCCCCCCCCCCC)OC(=O)CCCCCCC/C=C\C/C=C\CCCCC. The molecule has 100 heavy (non-hydrogen) atoms. The molecule has 0 fully saturated rings. The van der Waals surface area contributed by atoms with E-state index in [-0.39, 0.29) is 25.7 Å². The lowest BCUT2D eigenvalue weighted by molar-refractivity contribution is -0.161. The van der Waals surface area contributed by atoms with Crippen LogP contribution in [0.2, 0.25) is 0 Å². The molecule has 0 amide bonds. The summed E-state index contributed by atoms with van der Waals surface area (Å²) in [7, 11) is -9.96. The van der Waals surface area contributed by atoms with Crippen LogP contribution in [0.1, 0.15) is 362 Å². The lowest BCUT2D eigenvalue weighted by Gasteiger charge is -2.21. The monoisotopic (exact) mass is 1450 g/mol. The Kier molecular flexibility index (Phi) is 71.2. The molecule has 2 unspecified atom stereocenters. The van der Waals surface area contributed by atoms with E-state index in [1.165, 1.54) is 161 Å². The van der Waals surface area contributed by atoms with E-state index in [9.17, 15) is 43.2 Å². The number of unbranched alkanes of at least 4 members (excludes halogenated alkanes) is 38. The zero-order valence-electron chi connectivity index (χ0n) is 63.6. The van der Waals surface area contributed by atoms with Gasteiger partial charge in [0, 0.05) is 25.7 Å². The van der Waals surface area contributed by atoms with Crippen LogP contribution in [0, 0.1) is 0 Å². The molecule has 0 radical (unpaired) electrons. The van der Waals surface area contributed by atoms with Crippen molar-refractivity contribution >= 4 is 39.5 Å². The Balaban J connectivity index is 5.38. The maximum atomic E-state index is 13.1. The third kappa shape index (κ3) is 72.8. The van der Waals surface area contributed by atoms with E-state index in [0.717, 1.165) is 116 Å². The van der Waals surface area contributed by atoms with Gasteiger partial charge in [0.1, 0.15) is 19.3 Å². The molecule has 0 rings (SSSR count). The molecule has 0 saturated heterocycles. The number of rotatable bonds is 76. The summed E-state index contributed by atoms with van der Waals surface area (Å²) in [6, 6.07) is 0. The van der Waals surface area contributed by atoms with Crippen molar-refractivity contribution in [3.05, 3.63) is 72.9 Å². The predicted molar refractivity (Wildman–Crippen MR) is 409 cm³/mol.